The maximum absolute atomic E-state index is 10.4. The summed E-state index contributed by atoms with van der Waals surface area (Å²) < 4.78 is 0. The summed E-state index contributed by atoms with van der Waals surface area (Å²) in [7, 11) is 0. The fourth-order valence-corrected chi connectivity index (χ4v) is 0.964. The third kappa shape index (κ3) is 3.04. The van der Waals surface area contributed by atoms with Crippen LogP contribution in [0.25, 0.3) is 0 Å². The average molecular weight is 210 g/mol. The lowest BCUT2D eigenvalue weighted by atomic mass is 10.2. The van der Waals surface area contributed by atoms with Gasteiger partial charge in [0, 0.05) is 6.20 Å². The summed E-state index contributed by atoms with van der Waals surface area (Å²) in [4.78, 5) is 18.1. The SMILES string of the molecule is Cc1nc(Cl)ncc1C#CCC(N)=O. The van der Waals surface area contributed by atoms with Crippen LogP contribution >= 0.6 is 11.6 Å². The second kappa shape index (κ2) is 4.58. The molecule has 0 radical (unpaired) electrons. The van der Waals surface area contributed by atoms with E-state index in [4.69, 9.17) is 17.3 Å². The van der Waals surface area contributed by atoms with Gasteiger partial charge in [-0.2, -0.15) is 0 Å². The van der Waals surface area contributed by atoms with Gasteiger partial charge in [0.1, 0.15) is 0 Å². The number of carbonyl (C=O) groups is 1. The van der Waals surface area contributed by atoms with E-state index in [2.05, 4.69) is 21.8 Å². The third-order valence-electron chi connectivity index (χ3n) is 1.44. The largest absolute Gasteiger partial charge is 0.369 e. The summed E-state index contributed by atoms with van der Waals surface area (Å²) >= 11 is 5.56. The summed E-state index contributed by atoms with van der Waals surface area (Å²) in [5, 5.41) is 0.183. The van der Waals surface area contributed by atoms with E-state index in [9.17, 15) is 4.79 Å². The summed E-state index contributed by atoms with van der Waals surface area (Å²) in [6.07, 6.45) is 1.54. The van der Waals surface area contributed by atoms with Crippen molar-refractivity contribution in [3.63, 3.8) is 0 Å². The van der Waals surface area contributed by atoms with Crippen molar-refractivity contribution in [1.82, 2.24) is 9.97 Å². The maximum atomic E-state index is 10.4. The van der Waals surface area contributed by atoms with Crippen molar-refractivity contribution in [2.75, 3.05) is 0 Å². The number of halogens is 1. The molecule has 72 valence electrons. The van der Waals surface area contributed by atoms with Crippen LogP contribution in [0.4, 0.5) is 0 Å². The minimum atomic E-state index is -0.454. The summed E-state index contributed by atoms with van der Waals surface area (Å²) in [5.41, 5.74) is 6.26. The van der Waals surface area contributed by atoms with Crippen LogP contribution in [0.3, 0.4) is 0 Å². The highest BCUT2D eigenvalue weighted by molar-refractivity contribution is 6.28. The zero-order valence-electron chi connectivity index (χ0n) is 7.54. The molecule has 1 heterocycles. The molecule has 2 N–H and O–H groups in total. The van der Waals surface area contributed by atoms with Crippen LogP contribution in [-0.2, 0) is 4.79 Å². The van der Waals surface area contributed by atoms with Crippen LogP contribution in [0.1, 0.15) is 17.7 Å². The van der Waals surface area contributed by atoms with Crippen LogP contribution in [0.2, 0.25) is 5.28 Å². The fourth-order valence-electron chi connectivity index (χ4n) is 0.788. The molecule has 0 aliphatic carbocycles. The van der Waals surface area contributed by atoms with Crippen LogP contribution in [-0.4, -0.2) is 15.9 Å². The molecule has 0 bridgehead atoms. The number of amides is 1. The van der Waals surface area contributed by atoms with Gasteiger partial charge in [0.2, 0.25) is 11.2 Å². The highest BCUT2D eigenvalue weighted by Crippen LogP contribution is 2.05. The number of hydrogen-bond acceptors (Lipinski definition) is 3. The minimum absolute atomic E-state index is 0.0298. The molecule has 0 spiro atoms. The number of hydrogen-bond donors (Lipinski definition) is 1. The quantitative estimate of drug-likeness (QED) is 0.546. The molecule has 1 amide bonds. The Balaban J connectivity index is 2.85. The smallest absolute Gasteiger partial charge is 0.229 e. The van der Waals surface area contributed by atoms with E-state index in [1.54, 1.807) is 6.92 Å². The van der Waals surface area contributed by atoms with Crippen LogP contribution < -0.4 is 5.73 Å². The molecule has 0 aromatic carbocycles. The first kappa shape index (κ1) is 10.5. The molecule has 1 aromatic heterocycles. The number of aromatic nitrogens is 2. The van der Waals surface area contributed by atoms with E-state index in [0.717, 1.165) is 0 Å². The van der Waals surface area contributed by atoms with Crippen LogP contribution in [0.15, 0.2) is 6.20 Å². The molecular formula is C9H8ClN3O. The Hall–Kier alpha value is -1.60. The molecule has 0 saturated heterocycles. The van der Waals surface area contributed by atoms with Gasteiger partial charge >= 0.3 is 0 Å². The summed E-state index contributed by atoms with van der Waals surface area (Å²) in [6, 6.07) is 0. The predicted molar refractivity (Wildman–Crippen MR) is 52.5 cm³/mol. The molecule has 1 aromatic rings. The number of nitrogens with zero attached hydrogens (tertiary/aromatic N) is 2. The first-order chi connectivity index (χ1) is 6.59. The monoisotopic (exact) mass is 209 g/mol. The molecule has 1 rings (SSSR count). The highest BCUT2D eigenvalue weighted by atomic mass is 35.5. The second-order valence-corrected chi connectivity index (χ2v) is 2.92. The Bertz CT molecular complexity index is 420. The van der Waals surface area contributed by atoms with Crippen molar-refractivity contribution in [1.29, 1.82) is 0 Å². The zero-order valence-corrected chi connectivity index (χ0v) is 8.30. The van der Waals surface area contributed by atoms with Crippen molar-refractivity contribution < 1.29 is 4.79 Å². The second-order valence-electron chi connectivity index (χ2n) is 2.58. The van der Waals surface area contributed by atoms with Gasteiger partial charge in [-0.05, 0) is 18.5 Å². The van der Waals surface area contributed by atoms with Gasteiger partial charge in [-0.25, -0.2) is 9.97 Å². The Labute approximate surface area is 86.5 Å². The minimum Gasteiger partial charge on any atom is -0.369 e. The van der Waals surface area contributed by atoms with Gasteiger partial charge in [0.15, 0.2) is 0 Å². The van der Waals surface area contributed by atoms with Gasteiger partial charge < -0.3 is 5.73 Å². The first-order valence-electron chi connectivity index (χ1n) is 3.86. The van der Waals surface area contributed by atoms with Crippen molar-refractivity contribution in [3.05, 3.63) is 22.7 Å². The zero-order chi connectivity index (χ0) is 10.6. The molecule has 0 fully saturated rings. The van der Waals surface area contributed by atoms with Crippen molar-refractivity contribution in [3.8, 4) is 11.8 Å². The molecule has 5 heteroatoms. The molecule has 0 aliphatic rings. The van der Waals surface area contributed by atoms with E-state index in [1.807, 2.05) is 0 Å². The van der Waals surface area contributed by atoms with Crippen molar-refractivity contribution >= 4 is 17.5 Å². The van der Waals surface area contributed by atoms with E-state index >= 15 is 0 Å². The van der Waals surface area contributed by atoms with E-state index in [0.29, 0.717) is 11.3 Å². The van der Waals surface area contributed by atoms with Crippen LogP contribution in [0.5, 0.6) is 0 Å². The van der Waals surface area contributed by atoms with Crippen molar-refractivity contribution in [2.45, 2.75) is 13.3 Å². The molecule has 0 atom stereocenters. The average Bonchev–Trinajstić information content (AvgIpc) is 2.08. The Morgan fingerprint density at radius 2 is 2.43 bits per heavy atom. The molecule has 0 unspecified atom stereocenters. The topological polar surface area (TPSA) is 68.9 Å². The van der Waals surface area contributed by atoms with Gasteiger partial charge in [0.25, 0.3) is 0 Å². The molecule has 14 heavy (non-hydrogen) atoms. The molecular weight excluding hydrogens is 202 g/mol. The fraction of sp³-hybridized carbons (Fsp3) is 0.222. The third-order valence-corrected chi connectivity index (χ3v) is 1.62. The van der Waals surface area contributed by atoms with Gasteiger partial charge in [0.05, 0.1) is 17.7 Å². The van der Waals surface area contributed by atoms with E-state index in [-0.39, 0.29) is 11.7 Å². The van der Waals surface area contributed by atoms with E-state index < -0.39 is 5.91 Å². The van der Waals surface area contributed by atoms with Gasteiger partial charge in [-0.1, -0.05) is 11.8 Å². The summed E-state index contributed by atoms with van der Waals surface area (Å²) in [6.45, 7) is 1.77. The number of primary amides is 1. The lowest BCUT2D eigenvalue weighted by Crippen LogP contribution is -2.08. The summed E-state index contributed by atoms with van der Waals surface area (Å²) in [5.74, 6) is 4.90. The lowest BCUT2D eigenvalue weighted by molar-refractivity contribution is -0.117. The molecule has 0 aliphatic heterocycles. The maximum Gasteiger partial charge on any atom is 0.229 e. The number of aryl methyl sites for hydroxylation is 1. The number of nitrogens with two attached hydrogens (primary N) is 1. The Morgan fingerprint density at radius 3 is 3.00 bits per heavy atom. The normalized spacial score (nSPS) is 9.00. The van der Waals surface area contributed by atoms with E-state index in [1.165, 1.54) is 6.20 Å². The molecule has 4 nitrogen and oxygen atoms in total. The predicted octanol–water partition coefficient (Wildman–Crippen LogP) is 0.665. The molecule has 0 saturated carbocycles. The van der Waals surface area contributed by atoms with Crippen LogP contribution in [0, 0.1) is 18.8 Å². The lowest BCUT2D eigenvalue weighted by Gasteiger charge is -1.95. The van der Waals surface area contributed by atoms with Crippen molar-refractivity contribution in [2.24, 2.45) is 5.73 Å². The van der Waals surface area contributed by atoms with Gasteiger partial charge in [-0.3, -0.25) is 4.79 Å². The Kier molecular flexibility index (Phi) is 3.43. The first-order valence-corrected chi connectivity index (χ1v) is 4.23. The van der Waals surface area contributed by atoms with Gasteiger partial charge in [-0.15, -0.1) is 0 Å². The standard InChI is InChI=1S/C9H8ClN3O/c1-6-7(3-2-4-8(11)14)5-12-9(10)13-6/h5H,4H2,1H3,(H2,11,14). The number of rotatable bonds is 1. The highest BCUT2D eigenvalue weighted by Gasteiger charge is 1.97. The number of carbonyl (C=O) groups excluding carboxylic acids is 1. The Morgan fingerprint density at radius 1 is 1.71 bits per heavy atom.